The standard InChI is InChI=1S/C30H41N9OS2/c1-20(2)42-29-25(19-37(4)35-29)31-28-27-24(10-17-41-27)33-30(34-28)32-23-7-6-22(18-26(23)40-5)38-11-8-21(9-12-38)39-15-13-36(3)14-16-39/h6-7,10,17-21H,8-9,11-16H2,1-5H3,(H2,31,32,33,34). The average molecular weight is 608 g/mol. The molecule has 3 aromatic heterocycles. The van der Waals surface area contributed by atoms with Crippen LogP contribution in [0.3, 0.4) is 0 Å². The van der Waals surface area contributed by atoms with E-state index >= 15 is 0 Å². The molecule has 12 heteroatoms. The van der Waals surface area contributed by atoms with Crippen molar-refractivity contribution in [2.75, 3.05) is 69.0 Å². The van der Waals surface area contributed by atoms with Crippen molar-refractivity contribution in [3.63, 3.8) is 0 Å². The number of benzene rings is 1. The zero-order valence-corrected chi connectivity index (χ0v) is 26.8. The number of rotatable bonds is 9. The van der Waals surface area contributed by atoms with E-state index in [0.29, 0.717) is 17.2 Å². The highest BCUT2D eigenvalue weighted by Crippen LogP contribution is 2.37. The number of piperazine rings is 1. The number of likely N-dealkylation sites (N-methyl/N-ethyl adjacent to an activating group) is 1. The van der Waals surface area contributed by atoms with Gasteiger partial charge in [-0.1, -0.05) is 25.6 Å². The van der Waals surface area contributed by atoms with Gasteiger partial charge in [-0.3, -0.25) is 9.58 Å². The van der Waals surface area contributed by atoms with E-state index in [2.05, 4.69) is 69.5 Å². The molecule has 224 valence electrons. The summed E-state index contributed by atoms with van der Waals surface area (Å²) >= 11 is 3.35. The van der Waals surface area contributed by atoms with Gasteiger partial charge in [0.1, 0.15) is 10.8 Å². The Morgan fingerprint density at radius 1 is 0.976 bits per heavy atom. The van der Waals surface area contributed by atoms with Crippen molar-refractivity contribution >= 4 is 62.1 Å². The van der Waals surface area contributed by atoms with Crippen LogP contribution in [0.2, 0.25) is 0 Å². The number of hydrogen-bond acceptors (Lipinski definition) is 11. The van der Waals surface area contributed by atoms with Gasteiger partial charge in [0.25, 0.3) is 0 Å². The lowest BCUT2D eigenvalue weighted by Gasteiger charge is -2.42. The number of methoxy groups -OCH3 is 1. The maximum Gasteiger partial charge on any atom is 0.229 e. The molecule has 4 aromatic rings. The van der Waals surface area contributed by atoms with E-state index in [0.717, 1.165) is 51.3 Å². The van der Waals surface area contributed by atoms with Gasteiger partial charge in [-0.15, -0.1) is 11.3 Å². The predicted octanol–water partition coefficient (Wildman–Crippen LogP) is 5.64. The Balaban J connectivity index is 1.18. The van der Waals surface area contributed by atoms with Crippen molar-refractivity contribution in [1.29, 1.82) is 0 Å². The molecular weight excluding hydrogens is 567 g/mol. The fourth-order valence-electron chi connectivity index (χ4n) is 5.77. The molecule has 0 atom stereocenters. The molecule has 1 aromatic carbocycles. The largest absolute Gasteiger partial charge is 0.494 e. The van der Waals surface area contributed by atoms with E-state index in [4.69, 9.17) is 14.7 Å². The number of thiophene rings is 1. The maximum atomic E-state index is 5.84. The van der Waals surface area contributed by atoms with E-state index < -0.39 is 0 Å². The molecule has 0 aliphatic carbocycles. The minimum Gasteiger partial charge on any atom is -0.494 e. The van der Waals surface area contributed by atoms with Crippen LogP contribution in [-0.2, 0) is 7.05 Å². The Kier molecular flexibility index (Phi) is 8.75. The molecule has 5 heterocycles. The third-order valence-corrected chi connectivity index (χ3v) is 9.92. The van der Waals surface area contributed by atoms with E-state index in [1.54, 1.807) is 30.2 Å². The smallest absolute Gasteiger partial charge is 0.229 e. The van der Waals surface area contributed by atoms with Gasteiger partial charge in [0, 0.05) is 75.6 Å². The summed E-state index contributed by atoms with van der Waals surface area (Å²) in [5.74, 6) is 2.06. The predicted molar refractivity (Wildman–Crippen MR) is 175 cm³/mol. The summed E-state index contributed by atoms with van der Waals surface area (Å²) in [6.45, 7) is 11.2. The number of nitrogens with one attached hydrogen (secondary N) is 2. The van der Waals surface area contributed by atoms with Crippen molar-refractivity contribution in [3.8, 4) is 5.75 Å². The Labute approximate surface area is 256 Å². The van der Waals surface area contributed by atoms with E-state index in [-0.39, 0.29) is 0 Å². The Bertz CT molecular complexity index is 1500. The number of ether oxygens (including phenoxy) is 1. The van der Waals surface area contributed by atoms with Gasteiger partial charge in [0.05, 0.1) is 28.7 Å². The Morgan fingerprint density at radius 2 is 1.76 bits per heavy atom. The zero-order chi connectivity index (χ0) is 29.2. The van der Waals surface area contributed by atoms with Gasteiger partial charge in [0.2, 0.25) is 5.95 Å². The SMILES string of the molecule is COc1cc(N2CCC(N3CCN(C)CC3)CC2)ccc1Nc1nc(Nc2cn(C)nc2SC(C)C)c2sccc2n1. The molecule has 42 heavy (non-hydrogen) atoms. The van der Waals surface area contributed by atoms with Crippen molar-refractivity contribution in [2.45, 2.75) is 43.0 Å². The van der Waals surface area contributed by atoms with Crippen LogP contribution < -0.4 is 20.3 Å². The quantitative estimate of drug-likeness (QED) is 0.233. The number of aromatic nitrogens is 4. The average Bonchev–Trinajstić information content (AvgIpc) is 3.59. The third-order valence-electron chi connectivity index (χ3n) is 8.01. The Morgan fingerprint density at radius 3 is 2.50 bits per heavy atom. The van der Waals surface area contributed by atoms with Crippen LogP contribution in [0.4, 0.5) is 28.8 Å². The second-order valence-corrected chi connectivity index (χ2v) is 13.9. The zero-order valence-electron chi connectivity index (χ0n) is 25.1. The molecule has 0 radical (unpaired) electrons. The second-order valence-electron chi connectivity index (χ2n) is 11.4. The van der Waals surface area contributed by atoms with E-state index in [1.165, 1.54) is 44.7 Å². The first-order valence-corrected chi connectivity index (χ1v) is 16.5. The summed E-state index contributed by atoms with van der Waals surface area (Å²) in [6, 6.07) is 9.10. The lowest BCUT2D eigenvalue weighted by Crippen LogP contribution is -2.52. The summed E-state index contributed by atoms with van der Waals surface area (Å²) in [7, 11) is 5.88. The molecule has 2 fully saturated rings. The summed E-state index contributed by atoms with van der Waals surface area (Å²) in [5.41, 5.74) is 3.86. The van der Waals surface area contributed by atoms with Gasteiger partial charge in [-0.05, 0) is 43.5 Å². The molecule has 0 bridgehead atoms. The molecule has 2 aliphatic heterocycles. The number of nitrogens with zero attached hydrogens (tertiary/aromatic N) is 7. The number of hydrogen-bond donors (Lipinski definition) is 2. The van der Waals surface area contributed by atoms with Gasteiger partial charge in [-0.25, -0.2) is 4.98 Å². The lowest BCUT2D eigenvalue weighted by atomic mass is 10.0. The first-order valence-electron chi connectivity index (χ1n) is 14.7. The van der Waals surface area contributed by atoms with Crippen LogP contribution >= 0.6 is 23.1 Å². The molecular formula is C30H41N9OS2. The summed E-state index contributed by atoms with van der Waals surface area (Å²) in [6.07, 6.45) is 4.39. The van der Waals surface area contributed by atoms with Crippen LogP contribution in [-0.4, -0.2) is 94.3 Å². The van der Waals surface area contributed by atoms with Crippen molar-refractivity contribution < 1.29 is 4.74 Å². The minimum atomic E-state index is 0.420. The summed E-state index contributed by atoms with van der Waals surface area (Å²) in [4.78, 5) is 17.3. The Hall–Kier alpha value is -3.06. The topological polar surface area (TPSA) is 86.6 Å². The highest BCUT2D eigenvalue weighted by atomic mass is 32.2. The molecule has 2 N–H and O–H groups in total. The molecule has 0 saturated carbocycles. The normalized spacial score (nSPS) is 17.3. The van der Waals surface area contributed by atoms with Crippen LogP contribution in [0, 0.1) is 0 Å². The molecule has 0 spiro atoms. The highest BCUT2D eigenvalue weighted by molar-refractivity contribution is 8.00. The molecule has 2 aliphatic rings. The van der Waals surface area contributed by atoms with E-state index in [1.807, 2.05) is 29.4 Å². The lowest BCUT2D eigenvalue weighted by molar-refractivity contribution is 0.0982. The number of aryl methyl sites for hydroxylation is 1. The molecule has 10 nitrogen and oxygen atoms in total. The number of fused-ring (bicyclic) bond motifs is 1. The molecule has 0 unspecified atom stereocenters. The fourth-order valence-corrected chi connectivity index (χ4v) is 7.40. The first-order chi connectivity index (χ1) is 20.4. The van der Waals surface area contributed by atoms with Crippen LogP contribution in [0.15, 0.2) is 40.9 Å². The second kappa shape index (κ2) is 12.7. The number of piperidine rings is 1. The monoisotopic (exact) mass is 607 g/mol. The van der Waals surface area contributed by atoms with Crippen LogP contribution in [0.25, 0.3) is 10.2 Å². The van der Waals surface area contributed by atoms with Crippen molar-refractivity contribution in [3.05, 3.63) is 35.8 Å². The van der Waals surface area contributed by atoms with Gasteiger partial charge in [-0.2, -0.15) is 10.1 Å². The highest BCUT2D eigenvalue weighted by Gasteiger charge is 2.27. The fraction of sp³-hybridized carbons (Fsp3) is 0.500. The summed E-state index contributed by atoms with van der Waals surface area (Å²) in [5, 5.41) is 15.0. The van der Waals surface area contributed by atoms with Crippen molar-refractivity contribution in [2.24, 2.45) is 7.05 Å². The first kappa shape index (κ1) is 29.0. The van der Waals surface area contributed by atoms with Gasteiger partial charge < -0.3 is 25.2 Å². The van der Waals surface area contributed by atoms with Crippen molar-refractivity contribution in [1.82, 2.24) is 29.5 Å². The molecule has 2 saturated heterocycles. The van der Waals surface area contributed by atoms with Crippen LogP contribution in [0.1, 0.15) is 26.7 Å². The summed E-state index contributed by atoms with van der Waals surface area (Å²) < 4.78 is 8.68. The number of thioether (sulfide) groups is 1. The third kappa shape index (κ3) is 6.46. The molecule has 0 amide bonds. The maximum absolute atomic E-state index is 5.84. The van der Waals surface area contributed by atoms with Crippen LogP contribution in [0.5, 0.6) is 5.75 Å². The molecule has 6 rings (SSSR count). The van der Waals surface area contributed by atoms with E-state index in [9.17, 15) is 0 Å². The number of anilines is 5. The van der Waals surface area contributed by atoms with Gasteiger partial charge in [0.15, 0.2) is 5.82 Å². The minimum absolute atomic E-state index is 0.420. The van der Waals surface area contributed by atoms with Gasteiger partial charge >= 0.3 is 0 Å².